The molecule has 0 aliphatic rings. The lowest BCUT2D eigenvalue weighted by Gasteiger charge is -2.09. The number of methoxy groups -OCH3 is 1. The Morgan fingerprint density at radius 1 is 1.28 bits per heavy atom. The SMILES string of the molecule is COC(=O)C(N)Cc1ccc(OC(C)=O)cc1.Cl. The van der Waals surface area contributed by atoms with E-state index in [4.69, 9.17) is 10.5 Å². The highest BCUT2D eigenvalue weighted by Gasteiger charge is 2.14. The summed E-state index contributed by atoms with van der Waals surface area (Å²) in [4.78, 5) is 21.8. The molecule has 0 aliphatic carbocycles. The average molecular weight is 274 g/mol. The maximum absolute atomic E-state index is 11.1. The fourth-order valence-electron chi connectivity index (χ4n) is 1.35. The van der Waals surface area contributed by atoms with Crippen LogP contribution in [0.2, 0.25) is 0 Å². The van der Waals surface area contributed by atoms with Crippen molar-refractivity contribution >= 4 is 24.3 Å². The van der Waals surface area contributed by atoms with Crippen LogP contribution in [0.1, 0.15) is 12.5 Å². The summed E-state index contributed by atoms with van der Waals surface area (Å²) in [5.41, 5.74) is 6.49. The van der Waals surface area contributed by atoms with Gasteiger partial charge in [0.25, 0.3) is 0 Å². The Morgan fingerprint density at radius 2 is 1.83 bits per heavy atom. The molecule has 18 heavy (non-hydrogen) atoms. The first-order valence-electron chi connectivity index (χ1n) is 5.13. The van der Waals surface area contributed by atoms with E-state index in [0.29, 0.717) is 12.2 Å². The van der Waals surface area contributed by atoms with E-state index in [9.17, 15) is 9.59 Å². The highest BCUT2D eigenvalue weighted by molar-refractivity contribution is 5.85. The molecule has 1 aromatic carbocycles. The fraction of sp³-hybridized carbons (Fsp3) is 0.333. The molecule has 2 N–H and O–H groups in total. The molecule has 0 radical (unpaired) electrons. The van der Waals surface area contributed by atoms with E-state index in [2.05, 4.69) is 4.74 Å². The Labute approximate surface area is 112 Å². The predicted molar refractivity (Wildman–Crippen MR) is 68.7 cm³/mol. The van der Waals surface area contributed by atoms with Crippen molar-refractivity contribution in [1.82, 2.24) is 0 Å². The summed E-state index contributed by atoms with van der Waals surface area (Å²) in [6.45, 7) is 1.33. The van der Waals surface area contributed by atoms with Crippen LogP contribution in [0.4, 0.5) is 0 Å². The number of halogens is 1. The molecule has 1 aromatic rings. The molecule has 0 spiro atoms. The molecular weight excluding hydrogens is 258 g/mol. The van der Waals surface area contributed by atoms with Gasteiger partial charge in [-0.1, -0.05) is 12.1 Å². The largest absolute Gasteiger partial charge is 0.468 e. The second kappa shape index (κ2) is 7.68. The van der Waals surface area contributed by atoms with Crippen LogP contribution in [0.15, 0.2) is 24.3 Å². The lowest BCUT2D eigenvalue weighted by molar-refractivity contribution is -0.142. The van der Waals surface area contributed by atoms with Crippen molar-refractivity contribution in [1.29, 1.82) is 0 Å². The van der Waals surface area contributed by atoms with Crippen LogP contribution in [-0.2, 0) is 20.7 Å². The molecule has 1 rings (SSSR count). The number of carbonyl (C=O) groups is 2. The number of nitrogens with two attached hydrogens (primary N) is 1. The van der Waals surface area contributed by atoms with E-state index in [0.717, 1.165) is 5.56 Å². The van der Waals surface area contributed by atoms with Gasteiger partial charge in [-0.3, -0.25) is 9.59 Å². The van der Waals surface area contributed by atoms with Crippen molar-refractivity contribution in [3.05, 3.63) is 29.8 Å². The smallest absolute Gasteiger partial charge is 0.322 e. The normalized spacial score (nSPS) is 11.1. The molecule has 0 aliphatic heterocycles. The Bertz CT molecular complexity index is 405. The summed E-state index contributed by atoms with van der Waals surface area (Å²) in [5.74, 6) is -0.356. The zero-order valence-electron chi connectivity index (χ0n) is 10.2. The lowest BCUT2D eigenvalue weighted by atomic mass is 10.1. The van der Waals surface area contributed by atoms with Crippen LogP contribution in [0.25, 0.3) is 0 Å². The number of hydrogen-bond acceptors (Lipinski definition) is 5. The third-order valence-electron chi connectivity index (χ3n) is 2.14. The summed E-state index contributed by atoms with van der Waals surface area (Å²) in [6.07, 6.45) is 0.382. The Hall–Kier alpha value is -1.59. The van der Waals surface area contributed by atoms with E-state index in [1.807, 2.05) is 0 Å². The standard InChI is InChI=1S/C12H15NO4.ClH/c1-8(14)17-10-5-3-9(4-6-10)7-11(13)12(15)16-2;/h3-6,11H,7,13H2,1-2H3;1H. The molecule has 0 saturated carbocycles. The maximum Gasteiger partial charge on any atom is 0.322 e. The van der Waals surface area contributed by atoms with Crippen LogP contribution in [0.3, 0.4) is 0 Å². The van der Waals surface area contributed by atoms with Crippen molar-refractivity contribution in [3.8, 4) is 5.75 Å². The monoisotopic (exact) mass is 273 g/mol. The molecule has 0 amide bonds. The number of benzene rings is 1. The Balaban J connectivity index is 0.00000289. The van der Waals surface area contributed by atoms with Gasteiger partial charge in [0, 0.05) is 6.92 Å². The molecule has 0 bridgehead atoms. The highest BCUT2D eigenvalue weighted by Crippen LogP contribution is 2.13. The summed E-state index contributed by atoms with van der Waals surface area (Å²) in [5, 5.41) is 0. The van der Waals surface area contributed by atoms with Crippen molar-refractivity contribution < 1.29 is 19.1 Å². The maximum atomic E-state index is 11.1. The molecule has 1 atom stereocenters. The van der Waals surface area contributed by atoms with Gasteiger partial charge in [0.2, 0.25) is 0 Å². The number of hydrogen-bond donors (Lipinski definition) is 1. The molecule has 0 aromatic heterocycles. The van der Waals surface area contributed by atoms with E-state index in [1.165, 1.54) is 14.0 Å². The number of rotatable bonds is 4. The predicted octanol–water partition coefficient (Wildman–Crippen LogP) is 1.08. The van der Waals surface area contributed by atoms with Crippen molar-refractivity contribution in [2.45, 2.75) is 19.4 Å². The van der Waals surface area contributed by atoms with Gasteiger partial charge in [0.15, 0.2) is 0 Å². The number of esters is 2. The minimum absolute atomic E-state index is 0. The second-order valence-corrected chi connectivity index (χ2v) is 3.57. The van der Waals surface area contributed by atoms with Gasteiger partial charge in [-0.2, -0.15) is 0 Å². The zero-order valence-corrected chi connectivity index (χ0v) is 11.0. The lowest BCUT2D eigenvalue weighted by Crippen LogP contribution is -2.33. The summed E-state index contributed by atoms with van der Waals surface area (Å²) in [7, 11) is 1.30. The first-order valence-corrected chi connectivity index (χ1v) is 5.13. The minimum Gasteiger partial charge on any atom is -0.468 e. The molecule has 0 fully saturated rings. The van der Waals surface area contributed by atoms with Gasteiger partial charge >= 0.3 is 11.9 Å². The molecule has 6 heteroatoms. The summed E-state index contributed by atoms with van der Waals surface area (Å²) < 4.78 is 9.41. The summed E-state index contributed by atoms with van der Waals surface area (Å²) in [6, 6.07) is 6.13. The van der Waals surface area contributed by atoms with Gasteiger partial charge in [-0.25, -0.2) is 0 Å². The molecule has 1 unspecified atom stereocenters. The van der Waals surface area contributed by atoms with E-state index in [1.54, 1.807) is 24.3 Å². The fourth-order valence-corrected chi connectivity index (χ4v) is 1.35. The van der Waals surface area contributed by atoms with Gasteiger partial charge in [0.05, 0.1) is 7.11 Å². The Kier molecular flexibility index (Phi) is 7.00. The van der Waals surface area contributed by atoms with Crippen molar-refractivity contribution in [2.24, 2.45) is 5.73 Å². The molecule has 100 valence electrons. The number of carbonyl (C=O) groups excluding carboxylic acids is 2. The van der Waals surface area contributed by atoms with E-state index < -0.39 is 12.0 Å². The zero-order chi connectivity index (χ0) is 12.8. The third-order valence-corrected chi connectivity index (χ3v) is 2.14. The summed E-state index contributed by atoms with van der Waals surface area (Å²) >= 11 is 0. The van der Waals surface area contributed by atoms with Gasteiger partial charge < -0.3 is 15.2 Å². The minimum atomic E-state index is -0.681. The first kappa shape index (κ1) is 16.4. The molecule has 0 heterocycles. The molecular formula is C12H16ClNO4. The van der Waals surface area contributed by atoms with Crippen LogP contribution in [-0.4, -0.2) is 25.1 Å². The molecule has 0 saturated heterocycles. The van der Waals surface area contributed by atoms with E-state index in [-0.39, 0.29) is 18.4 Å². The van der Waals surface area contributed by atoms with Crippen LogP contribution in [0, 0.1) is 0 Å². The first-order chi connectivity index (χ1) is 8.02. The average Bonchev–Trinajstić information content (AvgIpc) is 2.30. The highest BCUT2D eigenvalue weighted by atomic mass is 35.5. The second-order valence-electron chi connectivity index (χ2n) is 3.57. The van der Waals surface area contributed by atoms with Gasteiger partial charge in [0.1, 0.15) is 11.8 Å². The topological polar surface area (TPSA) is 78.6 Å². The number of ether oxygens (including phenoxy) is 2. The van der Waals surface area contributed by atoms with Gasteiger partial charge in [-0.05, 0) is 24.1 Å². The molecule has 5 nitrogen and oxygen atoms in total. The Morgan fingerprint density at radius 3 is 2.28 bits per heavy atom. The van der Waals surface area contributed by atoms with E-state index >= 15 is 0 Å². The third kappa shape index (κ3) is 5.16. The van der Waals surface area contributed by atoms with Crippen LogP contribution >= 0.6 is 12.4 Å². The van der Waals surface area contributed by atoms with Crippen molar-refractivity contribution in [2.75, 3.05) is 7.11 Å². The quantitative estimate of drug-likeness (QED) is 0.656. The van der Waals surface area contributed by atoms with Crippen LogP contribution in [0.5, 0.6) is 5.75 Å². The van der Waals surface area contributed by atoms with Crippen molar-refractivity contribution in [3.63, 3.8) is 0 Å². The van der Waals surface area contributed by atoms with Crippen LogP contribution < -0.4 is 10.5 Å². The van der Waals surface area contributed by atoms with Gasteiger partial charge in [-0.15, -0.1) is 12.4 Å².